The highest BCUT2D eigenvalue weighted by atomic mass is 32.2. The van der Waals surface area contributed by atoms with E-state index < -0.39 is 0 Å². The Morgan fingerprint density at radius 1 is 1.33 bits per heavy atom. The molecule has 2 fully saturated rings. The Balaban J connectivity index is 1.90. The van der Waals surface area contributed by atoms with Crippen LogP contribution in [0.1, 0.15) is 26.2 Å². The van der Waals surface area contributed by atoms with Gasteiger partial charge in [0.15, 0.2) is 0 Å². The summed E-state index contributed by atoms with van der Waals surface area (Å²) in [4.78, 5) is 5.47. The molecular formula is C12H24N2S. The molecule has 0 aromatic rings. The normalized spacial score (nSPS) is 33.2. The quantitative estimate of drug-likeness (QED) is 0.726. The van der Waals surface area contributed by atoms with Crippen LogP contribution in [0.25, 0.3) is 0 Å². The van der Waals surface area contributed by atoms with E-state index in [1.54, 1.807) is 0 Å². The molecule has 2 saturated heterocycles. The standard InChI is InChI=1S/C12H24N2S/c1-3-11-9-13-6-4-5-12(13)10-14(11)7-8-15-2/h11-12H,3-10H2,1-2H3. The average Bonchev–Trinajstić information content (AvgIpc) is 2.71. The third kappa shape index (κ3) is 2.69. The van der Waals surface area contributed by atoms with Gasteiger partial charge in [-0.05, 0) is 32.1 Å². The highest BCUT2D eigenvalue weighted by Gasteiger charge is 2.34. The molecule has 3 heteroatoms. The van der Waals surface area contributed by atoms with Gasteiger partial charge in [0, 0.05) is 37.5 Å². The molecule has 0 bridgehead atoms. The number of nitrogens with zero attached hydrogens (tertiary/aromatic N) is 2. The van der Waals surface area contributed by atoms with Gasteiger partial charge in [-0.3, -0.25) is 9.80 Å². The number of fused-ring (bicyclic) bond motifs is 1. The molecule has 0 aromatic carbocycles. The largest absolute Gasteiger partial charge is 0.298 e. The van der Waals surface area contributed by atoms with Gasteiger partial charge < -0.3 is 0 Å². The third-order valence-electron chi connectivity index (χ3n) is 3.96. The van der Waals surface area contributed by atoms with E-state index >= 15 is 0 Å². The first-order valence-corrected chi connectivity index (χ1v) is 7.71. The molecule has 0 radical (unpaired) electrons. The first kappa shape index (κ1) is 11.7. The van der Waals surface area contributed by atoms with E-state index in [0.29, 0.717) is 0 Å². The Morgan fingerprint density at radius 3 is 2.93 bits per heavy atom. The molecule has 15 heavy (non-hydrogen) atoms. The minimum absolute atomic E-state index is 0.825. The van der Waals surface area contributed by atoms with Crippen LogP contribution in [0.4, 0.5) is 0 Å². The number of hydrogen-bond donors (Lipinski definition) is 0. The molecule has 0 saturated carbocycles. The van der Waals surface area contributed by atoms with Crippen LogP contribution < -0.4 is 0 Å². The van der Waals surface area contributed by atoms with E-state index in [1.807, 2.05) is 11.8 Å². The lowest BCUT2D eigenvalue weighted by Crippen LogP contribution is -2.56. The summed E-state index contributed by atoms with van der Waals surface area (Å²) in [6.45, 7) is 7.66. The minimum atomic E-state index is 0.825. The number of rotatable bonds is 4. The third-order valence-corrected chi connectivity index (χ3v) is 4.55. The maximum atomic E-state index is 2.74. The molecule has 0 aromatic heterocycles. The molecule has 2 atom stereocenters. The Kier molecular flexibility index (Phi) is 4.35. The van der Waals surface area contributed by atoms with Crippen molar-refractivity contribution in [2.45, 2.75) is 38.3 Å². The van der Waals surface area contributed by atoms with Crippen molar-refractivity contribution in [3.8, 4) is 0 Å². The zero-order valence-corrected chi connectivity index (χ0v) is 10.9. The predicted molar refractivity (Wildman–Crippen MR) is 68.6 cm³/mol. The molecular weight excluding hydrogens is 204 g/mol. The van der Waals surface area contributed by atoms with Gasteiger partial charge >= 0.3 is 0 Å². The van der Waals surface area contributed by atoms with Crippen molar-refractivity contribution in [1.82, 2.24) is 9.80 Å². The Bertz CT molecular complexity index is 198. The molecule has 0 N–H and O–H groups in total. The fourth-order valence-electron chi connectivity index (χ4n) is 3.02. The highest BCUT2D eigenvalue weighted by Crippen LogP contribution is 2.25. The molecule has 2 unspecified atom stereocenters. The zero-order valence-electron chi connectivity index (χ0n) is 10.1. The summed E-state index contributed by atoms with van der Waals surface area (Å²) in [6.07, 6.45) is 6.40. The van der Waals surface area contributed by atoms with E-state index in [2.05, 4.69) is 23.0 Å². The molecule has 0 amide bonds. The van der Waals surface area contributed by atoms with Gasteiger partial charge in [0.1, 0.15) is 0 Å². The Hall–Kier alpha value is 0.270. The summed E-state index contributed by atoms with van der Waals surface area (Å²) in [5, 5.41) is 0. The Labute approximate surface area is 98.4 Å². The highest BCUT2D eigenvalue weighted by molar-refractivity contribution is 7.98. The fourth-order valence-corrected chi connectivity index (χ4v) is 3.43. The van der Waals surface area contributed by atoms with Gasteiger partial charge in [0.05, 0.1) is 0 Å². The van der Waals surface area contributed by atoms with Gasteiger partial charge in [-0.25, -0.2) is 0 Å². The van der Waals surface area contributed by atoms with Gasteiger partial charge in [0.2, 0.25) is 0 Å². The summed E-state index contributed by atoms with van der Waals surface area (Å²) in [7, 11) is 0. The summed E-state index contributed by atoms with van der Waals surface area (Å²) >= 11 is 1.98. The summed E-state index contributed by atoms with van der Waals surface area (Å²) in [5.74, 6) is 1.29. The zero-order chi connectivity index (χ0) is 10.7. The average molecular weight is 228 g/mol. The maximum absolute atomic E-state index is 2.74. The number of piperazine rings is 1. The number of thioether (sulfide) groups is 1. The second-order valence-corrected chi connectivity index (χ2v) is 5.83. The molecule has 2 nitrogen and oxygen atoms in total. The lowest BCUT2D eigenvalue weighted by atomic mass is 10.1. The first-order chi connectivity index (χ1) is 7.35. The topological polar surface area (TPSA) is 6.48 Å². The van der Waals surface area contributed by atoms with E-state index in [1.165, 1.54) is 51.2 Å². The smallest absolute Gasteiger partial charge is 0.0224 e. The van der Waals surface area contributed by atoms with Gasteiger partial charge in [-0.1, -0.05) is 6.92 Å². The van der Waals surface area contributed by atoms with Crippen LogP contribution in [0.2, 0.25) is 0 Å². The molecule has 0 aliphatic carbocycles. The number of hydrogen-bond acceptors (Lipinski definition) is 3. The first-order valence-electron chi connectivity index (χ1n) is 6.32. The summed E-state index contributed by atoms with van der Waals surface area (Å²) < 4.78 is 0. The van der Waals surface area contributed by atoms with Crippen molar-refractivity contribution in [2.75, 3.05) is 38.2 Å². The lowest BCUT2D eigenvalue weighted by molar-refractivity contribution is 0.0541. The van der Waals surface area contributed by atoms with Crippen LogP contribution in [0, 0.1) is 0 Å². The van der Waals surface area contributed by atoms with Crippen molar-refractivity contribution in [2.24, 2.45) is 0 Å². The summed E-state index contributed by atoms with van der Waals surface area (Å²) in [5.41, 5.74) is 0. The van der Waals surface area contributed by atoms with Crippen molar-refractivity contribution in [3.05, 3.63) is 0 Å². The van der Waals surface area contributed by atoms with Crippen LogP contribution in [0.5, 0.6) is 0 Å². The van der Waals surface area contributed by atoms with Crippen molar-refractivity contribution >= 4 is 11.8 Å². The van der Waals surface area contributed by atoms with E-state index in [4.69, 9.17) is 0 Å². The van der Waals surface area contributed by atoms with Crippen molar-refractivity contribution in [1.29, 1.82) is 0 Å². The maximum Gasteiger partial charge on any atom is 0.0224 e. The van der Waals surface area contributed by atoms with Gasteiger partial charge in [-0.15, -0.1) is 0 Å². The fraction of sp³-hybridized carbons (Fsp3) is 1.00. The van der Waals surface area contributed by atoms with Crippen molar-refractivity contribution < 1.29 is 0 Å². The van der Waals surface area contributed by atoms with Crippen LogP contribution >= 0.6 is 11.8 Å². The van der Waals surface area contributed by atoms with Crippen LogP contribution in [0.3, 0.4) is 0 Å². The van der Waals surface area contributed by atoms with Crippen LogP contribution in [-0.4, -0.2) is 60.1 Å². The monoisotopic (exact) mass is 228 g/mol. The molecule has 88 valence electrons. The van der Waals surface area contributed by atoms with Gasteiger partial charge in [0.25, 0.3) is 0 Å². The molecule has 0 spiro atoms. The van der Waals surface area contributed by atoms with E-state index in [9.17, 15) is 0 Å². The molecule has 2 rings (SSSR count). The Morgan fingerprint density at radius 2 is 2.20 bits per heavy atom. The minimum Gasteiger partial charge on any atom is -0.298 e. The predicted octanol–water partition coefficient (Wildman–Crippen LogP) is 1.91. The van der Waals surface area contributed by atoms with Crippen LogP contribution in [0.15, 0.2) is 0 Å². The second kappa shape index (κ2) is 5.55. The molecule has 2 aliphatic heterocycles. The molecule has 2 aliphatic rings. The van der Waals surface area contributed by atoms with Crippen molar-refractivity contribution in [3.63, 3.8) is 0 Å². The summed E-state index contributed by atoms with van der Waals surface area (Å²) in [6, 6.07) is 1.71. The molecule has 2 heterocycles. The lowest BCUT2D eigenvalue weighted by Gasteiger charge is -2.43. The van der Waals surface area contributed by atoms with E-state index in [-0.39, 0.29) is 0 Å². The SMILES string of the molecule is CCC1CN2CCCC2CN1CCSC. The van der Waals surface area contributed by atoms with Gasteiger partial charge in [-0.2, -0.15) is 11.8 Å². The van der Waals surface area contributed by atoms with Crippen LogP contribution in [-0.2, 0) is 0 Å². The van der Waals surface area contributed by atoms with E-state index in [0.717, 1.165) is 12.1 Å². The second-order valence-electron chi connectivity index (χ2n) is 4.84.